The molecule has 1 saturated heterocycles. The average molecular weight is 200 g/mol. The lowest BCUT2D eigenvalue weighted by atomic mass is 10.1. The molecule has 0 aromatic heterocycles. The van der Waals surface area contributed by atoms with Crippen LogP contribution >= 0.6 is 0 Å². The Morgan fingerprint density at radius 3 is 2.79 bits per heavy atom. The fourth-order valence-electron chi connectivity index (χ4n) is 1.68. The van der Waals surface area contributed by atoms with Gasteiger partial charge in [0.15, 0.2) is 0 Å². The van der Waals surface area contributed by atoms with Gasteiger partial charge in [-0.3, -0.25) is 0 Å². The molecule has 0 bridgehead atoms. The number of amides is 1. The summed E-state index contributed by atoms with van der Waals surface area (Å²) >= 11 is 0. The van der Waals surface area contributed by atoms with Gasteiger partial charge in [0.1, 0.15) is 0 Å². The molecule has 1 aliphatic rings. The van der Waals surface area contributed by atoms with Crippen molar-refractivity contribution in [3.05, 3.63) is 0 Å². The summed E-state index contributed by atoms with van der Waals surface area (Å²) < 4.78 is 5.07. The zero-order valence-electron chi connectivity index (χ0n) is 9.32. The van der Waals surface area contributed by atoms with Gasteiger partial charge in [0, 0.05) is 19.6 Å². The first-order valence-corrected chi connectivity index (χ1v) is 5.15. The first kappa shape index (κ1) is 11.3. The van der Waals surface area contributed by atoms with Gasteiger partial charge in [-0.25, -0.2) is 4.79 Å². The van der Waals surface area contributed by atoms with Crippen LogP contribution in [0.3, 0.4) is 0 Å². The van der Waals surface area contributed by atoms with Gasteiger partial charge in [-0.1, -0.05) is 0 Å². The molecule has 82 valence electrons. The van der Waals surface area contributed by atoms with Crippen molar-refractivity contribution < 1.29 is 9.53 Å². The smallest absolute Gasteiger partial charge is 0.409 e. The third kappa shape index (κ3) is 3.18. The predicted molar refractivity (Wildman–Crippen MR) is 55.3 cm³/mol. The quantitative estimate of drug-likeness (QED) is 0.637. The molecule has 4 nitrogen and oxygen atoms in total. The van der Waals surface area contributed by atoms with Gasteiger partial charge in [-0.05, 0) is 33.4 Å². The van der Waals surface area contributed by atoms with E-state index in [1.807, 2.05) is 0 Å². The molecule has 1 heterocycles. The van der Waals surface area contributed by atoms with Gasteiger partial charge in [0.05, 0.1) is 6.61 Å². The molecular formula is C10H20N2O2. The van der Waals surface area contributed by atoms with Crippen molar-refractivity contribution in [1.29, 1.82) is 0 Å². The normalized spacial score (nSPS) is 25.3. The van der Waals surface area contributed by atoms with E-state index in [2.05, 4.69) is 19.0 Å². The second-order valence-electron chi connectivity index (χ2n) is 4.08. The van der Waals surface area contributed by atoms with Crippen molar-refractivity contribution in [3.8, 4) is 0 Å². The summed E-state index contributed by atoms with van der Waals surface area (Å²) in [4.78, 5) is 15.2. The van der Waals surface area contributed by atoms with Crippen molar-refractivity contribution in [2.75, 3.05) is 34.3 Å². The highest BCUT2D eigenvalue weighted by atomic mass is 16.6. The number of cyclic esters (lactones) is 1. The Balaban J connectivity index is 2.50. The monoisotopic (exact) mass is 200 g/mol. The van der Waals surface area contributed by atoms with Gasteiger partial charge < -0.3 is 14.5 Å². The molecule has 0 aromatic carbocycles. The fraction of sp³-hybridized carbons (Fsp3) is 0.900. The van der Waals surface area contributed by atoms with E-state index in [4.69, 9.17) is 4.74 Å². The van der Waals surface area contributed by atoms with E-state index in [9.17, 15) is 4.79 Å². The molecule has 1 amide bonds. The van der Waals surface area contributed by atoms with Crippen molar-refractivity contribution in [1.82, 2.24) is 9.80 Å². The highest BCUT2D eigenvalue weighted by Gasteiger charge is 2.17. The maximum absolute atomic E-state index is 11.3. The van der Waals surface area contributed by atoms with Gasteiger partial charge in [0.25, 0.3) is 0 Å². The molecule has 1 rings (SSSR count). The average Bonchev–Trinajstić information content (AvgIpc) is 2.20. The summed E-state index contributed by atoms with van der Waals surface area (Å²) in [5.74, 6) is 0. The molecule has 0 N–H and O–H groups in total. The Hall–Kier alpha value is -0.770. The fourth-order valence-corrected chi connectivity index (χ4v) is 1.68. The number of rotatable bonds is 1. The van der Waals surface area contributed by atoms with Crippen LogP contribution in [0, 0.1) is 0 Å². The Morgan fingerprint density at radius 2 is 2.14 bits per heavy atom. The number of hydrogen-bond donors (Lipinski definition) is 0. The van der Waals surface area contributed by atoms with Crippen LogP contribution in [0.15, 0.2) is 0 Å². The number of ether oxygens (including phenoxy) is 1. The summed E-state index contributed by atoms with van der Waals surface area (Å²) in [6.45, 7) is 1.33. The third-order valence-electron chi connectivity index (χ3n) is 2.75. The summed E-state index contributed by atoms with van der Waals surface area (Å²) in [5, 5.41) is 0. The number of carbonyl (C=O) groups is 1. The first-order chi connectivity index (χ1) is 6.61. The zero-order chi connectivity index (χ0) is 10.6. The third-order valence-corrected chi connectivity index (χ3v) is 2.75. The summed E-state index contributed by atoms with van der Waals surface area (Å²) in [5.41, 5.74) is 0. The summed E-state index contributed by atoms with van der Waals surface area (Å²) in [6.07, 6.45) is 2.90. The molecule has 4 heteroatoms. The van der Waals surface area contributed by atoms with Gasteiger partial charge in [0.2, 0.25) is 0 Å². The number of carbonyl (C=O) groups excluding carboxylic acids is 1. The minimum absolute atomic E-state index is 0.190. The lowest BCUT2D eigenvalue weighted by molar-refractivity contribution is 0.113. The SMILES string of the molecule is CN1CCC(N(C)C)CCCOC1=O. The maximum atomic E-state index is 11.3. The van der Waals surface area contributed by atoms with E-state index in [0.717, 1.165) is 25.8 Å². The molecule has 0 radical (unpaired) electrons. The second-order valence-corrected chi connectivity index (χ2v) is 4.08. The molecule has 14 heavy (non-hydrogen) atoms. The first-order valence-electron chi connectivity index (χ1n) is 5.15. The minimum Gasteiger partial charge on any atom is -0.449 e. The number of hydrogen-bond acceptors (Lipinski definition) is 3. The van der Waals surface area contributed by atoms with Gasteiger partial charge in [-0.15, -0.1) is 0 Å². The molecule has 1 atom stereocenters. The van der Waals surface area contributed by atoms with Crippen LogP contribution in [0.5, 0.6) is 0 Å². The molecular weight excluding hydrogens is 180 g/mol. The molecule has 0 saturated carbocycles. The van der Waals surface area contributed by atoms with Crippen molar-refractivity contribution in [2.45, 2.75) is 25.3 Å². The largest absolute Gasteiger partial charge is 0.449 e. The maximum Gasteiger partial charge on any atom is 0.409 e. The lowest BCUT2D eigenvalue weighted by Crippen LogP contribution is -2.33. The van der Waals surface area contributed by atoms with E-state index in [1.165, 1.54) is 0 Å². The predicted octanol–water partition coefficient (Wildman–Crippen LogP) is 1.17. The minimum atomic E-state index is -0.190. The van der Waals surface area contributed by atoms with Crippen LogP contribution in [-0.4, -0.2) is 56.2 Å². The topological polar surface area (TPSA) is 32.8 Å². The number of nitrogens with zero attached hydrogens (tertiary/aromatic N) is 2. The van der Waals surface area contributed by atoms with Gasteiger partial charge >= 0.3 is 6.09 Å². The van der Waals surface area contributed by atoms with Crippen LogP contribution in [0.1, 0.15) is 19.3 Å². The summed E-state index contributed by atoms with van der Waals surface area (Å²) in [7, 11) is 5.97. The van der Waals surface area contributed by atoms with Crippen LogP contribution < -0.4 is 0 Å². The van der Waals surface area contributed by atoms with E-state index < -0.39 is 0 Å². The van der Waals surface area contributed by atoms with Crippen LogP contribution in [0.2, 0.25) is 0 Å². The molecule has 1 aliphatic heterocycles. The van der Waals surface area contributed by atoms with Crippen LogP contribution in [0.25, 0.3) is 0 Å². The van der Waals surface area contributed by atoms with Crippen molar-refractivity contribution >= 4 is 6.09 Å². The standard InChI is InChI=1S/C10H20N2O2/c1-11(2)9-5-4-8-14-10(13)12(3)7-6-9/h9H,4-8H2,1-3H3. The van der Waals surface area contributed by atoms with E-state index in [0.29, 0.717) is 12.6 Å². The van der Waals surface area contributed by atoms with Crippen molar-refractivity contribution in [2.24, 2.45) is 0 Å². The molecule has 0 aromatic rings. The van der Waals surface area contributed by atoms with E-state index in [-0.39, 0.29) is 6.09 Å². The van der Waals surface area contributed by atoms with E-state index in [1.54, 1.807) is 11.9 Å². The molecule has 1 fully saturated rings. The van der Waals surface area contributed by atoms with Crippen molar-refractivity contribution in [3.63, 3.8) is 0 Å². The lowest BCUT2D eigenvalue weighted by Gasteiger charge is -2.24. The van der Waals surface area contributed by atoms with Gasteiger partial charge in [-0.2, -0.15) is 0 Å². The molecule has 0 spiro atoms. The van der Waals surface area contributed by atoms with Crippen LogP contribution in [0.4, 0.5) is 4.79 Å². The Bertz CT molecular complexity index is 195. The highest BCUT2D eigenvalue weighted by Crippen LogP contribution is 2.11. The van der Waals surface area contributed by atoms with E-state index >= 15 is 0 Å². The Kier molecular flexibility index (Phi) is 4.20. The Labute approximate surface area is 85.8 Å². The zero-order valence-corrected chi connectivity index (χ0v) is 9.32. The Morgan fingerprint density at radius 1 is 1.43 bits per heavy atom. The summed E-state index contributed by atoms with van der Waals surface area (Å²) in [6, 6.07) is 0.562. The van der Waals surface area contributed by atoms with Crippen LogP contribution in [-0.2, 0) is 4.74 Å². The molecule has 0 aliphatic carbocycles. The highest BCUT2D eigenvalue weighted by molar-refractivity contribution is 5.67. The second kappa shape index (κ2) is 5.20. The molecule has 1 unspecified atom stereocenters.